The van der Waals surface area contributed by atoms with Crippen LogP contribution < -0.4 is 0 Å². The van der Waals surface area contributed by atoms with Gasteiger partial charge in [0, 0.05) is 0 Å². The van der Waals surface area contributed by atoms with Gasteiger partial charge in [-0.3, -0.25) is 4.79 Å². The highest BCUT2D eigenvalue weighted by Gasteiger charge is 2.20. The van der Waals surface area contributed by atoms with E-state index in [1.165, 1.54) is 19.1 Å². The number of hydrogen-bond acceptors (Lipinski definition) is 2. The summed E-state index contributed by atoms with van der Waals surface area (Å²) in [7, 11) is 0. The number of carbonyl (C=O) groups is 1. The average Bonchev–Trinajstić information content (AvgIpc) is 2.16. The molecule has 0 saturated heterocycles. The average molecular weight is 228 g/mol. The van der Waals surface area contributed by atoms with Gasteiger partial charge in [0.1, 0.15) is 5.75 Å². The fraction of sp³-hybridized carbons (Fsp3) is 0.417. The molecule has 88 valence electrons. The van der Waals surface area contributed by atoms with Crippen molar-refractivity contribution in [3.8, 4) is 5.75 Å². The van der Waals surface area contributed by atoms with E-state index in [1.54, 1.807) is 0 Å². The molecule has 0 spiro atoms. The fourth-order valence-corrected chi connectivity index (χ4v) is 1.45. The zero-order valence-electron chi connectivity index (χ0n) is 9.42. The largest absolute Gasteiger partial charge is 0.507 e. The van der Waals surface area contributed by atoms with Crippen LogP contribution in [0.3, 0.4) is 0 Å². The number of hydrogen-bond donors (Lipinski definition) is 1. The minimum Gasteiger partial charge on any atom is -0.507 e. The molecule has 0 aliphatic rings. The Morgan fingerprint density at radius 2 is 1.88 bits per heavy atom. The zero-order valence-corrected chi connectivity index (χ0v) is 9.42. The minimum atomic E-state index is -2.78. The van der Waals surface area contributed by atoms with Crippen LogP contribution in [0.4, 0.5) is 8.78 Å². The molecule has 0 aliphatic carbocycles. The van der Waals surface area contributed by atoms with Crippen LogP contribution in [0.2, 0.25) is 0 Å². The van der Waals surface area contributed by atoms with Crippen LogP contribution in [-0.2, 0) is 0 Å². The molecular formula is C12H14F2O2. The number of aromatic hydroxyl groups is 1. The molecule has 2 nitrogen and oxygen atoms in total. The topological polar surface area (TPSA) is 37.3 Å². The summed E-state index contributed by atoms with van der Waals surface area (Å²) in [6.45, 7) is 4.92. The van der Waals surface area contributed by atoms with Gasteiger partial charge < -0.3 is 5.11 Å². The van der Waals surface area contributed by atoms with Gasteiger partial charge in [-0.05, 0) is 30.5 Å². The summed E-state index contributed by atoms with van der Waals surface area (Å²) >= 11 is 0. The molecule has 0 aliphatic heterocycles. The monoisotopic (exact) mass is 228 g/mol. The second-order valence-corrected chi connectivity index (χ2v) is 4.02. The summed E-state index contributed by atoms with van der Waals surface area (Å²) in [4.78, 5) is 11.2. The van der Waals surface area contributed by atoms with Crippen LogP contribution in [0.25, 0.3) is 0 Å². The van der Waals surface area contributed by atoms with Gasteiger partial charge in [0.15, 0.2) is 5.78 Å². The molecule has 0 unspecified atom stereocenters. The van der Waals surface area contributed by atoms with Crippen molar-refractivity contribution in [2.24, 2.45) is 0 Å². The van der Waals surface area contributed by atoms with Gasteiger partial charge in [0.05, 0.1) is 11.1 Å². The molecule has 0 saturated carbocycles. The van der Waals surface area contributed by atoms with Crippen molar-refractivity contribution in [2.75, 3.05) is 0 Å². The number of rotatable bonds is 3. The van der Waals surface area contributed by atoms with Crippen LogP contribution in [0.1, 0.15) is 54.6 Å². The number of halogens is 2. The number of alkyl halides is 2. The first kappa shape index (κ1) is 12.6. The maximum absolute atomic E-state index is 12.6. The van der Waals surface area contributed by atoms with E-state index in [4.69, 9.17) is 0 Å². The first-order valence-corrected chi connectivity index (χ1v) is 5.00. The molecule has 0 fully saturated rings. The summed E-state index contributed by atoms with van der Waals surface area (Å²) < 4.78 is 25.3. The van der Waals surface area contributed by atoms with Crippen molar-refractivity contribution >= 4 is 5.78 Å². The van der Waals surface area contributed by atoms with E-state index in [-0.39, 0.29) is 11.5 Å². The van der Waals surface area contributed by atoms with E-state index in [1.807, 2.05) is 13.8 Å². The molecule has 0 bridgehead atoms. The summed E-state index contributed by atoms with van der Waals surface area (Å²) in [6, 6.07) is 2.71. The number of Topliss-reactive ketones (excluding diaryl/α,β-unsaturated/α-hetero) is 1. The predicted molar refractivity (Wildman–Crippen MR) is 57.2 cm³/mol. The van der Waals surface area contributed by atoms with Crippen molar-refractivity contribution in [3.05, 3.63) is 28.8 Å². The molecular weight excluding hydrogens is 214 g/mol. The van der Waals surface area contributed by atoms with Gasteiger partial charge in [-0.1, -0.05) is 13.8 Å². The fourth-order valence-electron chi connectivity index (χ4n) is 1.45. The number of benzene rings is 1. The highest BCUT2D eigenvalue weighted by Crippen LogP contribution is 2.34. The lowest BCUT2D eigenvalue weighted by atomic mass is 9.95. The van der Waals surface area contributed by atoms with Crippen molar-refractivity contribution in [2.45, 2.75) is 33.1 Å². The lowest BCUT2D eigenvalue weighted by Gasteiger charge is -2.13. The Bertz CT molecular complexity index is 412. The standard InChI is InChI=1S/C12H14F2O2/c1-6(2)8-4-9(7(3)15)11(16)10(5-8)12(13)14/h4-6,12,16H,1-3H3. The molecule has 0 heterocycles. The maximum Gasteiger partial charge on any atom is 0.267 e. The summed E-state index contributed by atoms with van der Waals surface area (Å²) in [5.74, 6) is -0.995. The van der Waals surface area contributed by atoms with Crippen LogP contribution in [0, 0.1) is 0 Å². The quantitative estimate of drug-likeness (QED) is 0.801. The van der Waals surface area contributed by atoms with E-state index >= 15 is 0 Å². The normalized spacial score (nSPS) is 11.2. The molecule has 1 aromatic rings. The molecule has 0 amide bonds. The van der Waals surface area contributed by atoms with Crippen LogP contribution in [-0.4, -0.2) is 10.9 Å². The van der Waals surface area contributed by atoms with Crippen LogP contribution in [0.5, 0.6) is 5.75 Å². The van der Waals surface area contributed by atoms with E-state index in [0.717, 1.165) is 0 Å². The van der Waals surface area contributed by atoms with Gasteiger partial charge in [-0.15, -0.1) is 0 Å². The molecule has 4 heteroatoms. The van der Waals surface area contributed by atoms with Crippen LogP contribution in [0.15, 0.2) is 12.1 Å². The maximum atomic E-state index is 12.6. The first-order valence-electron chi connectivity index (χ1n) is 5.00. The lowest BCUT2D eigenvalue weighted by Crippen LogP contribution is -2.00. The Labute approximate surface area is 92.9 Å². The van der Waals surface area contributed by atoms with Crippen molar-refractivity contribution in [3.63, 3.8) is 0 Å². The van der Waals surface area contributed by atoms with E-state index in [0.29, 0.717) is 5.56 Å². The third kappa shape index (κ3) is 2.38. The van der Waals surface area contributed by atoms with E-state index < -0.39 is 23.5 Å². The molecule has 0 aromatic heterocycles. The Kier molecular flexibility index (Phi) is 3.62. The Hall–Kier alpha value is -1.45. The molecule has 0 atom stereocenters. The molecule has 16 heavy (non-hydrogen) atoms. The number of phenols is 1. The minimum absolute atomic E-state index is 0.0243. The van der Waals surface area contributed by atoms with Gasteiger partial charge >= 0.3 is 0 Å². The second kappa shape index (κ2) is 4.60. The Balaban J connectivity index is 3.45. The summed E-state index contributed by atoms with van der Waals surface area (Å²) in [5.41, 5.74) is 0.108. The SMILES string of the molecule is CC(=O)c1cc(C(C)C)cc(C(F)F)c1O. The number of carbonyl (C=O) groups excluding carboxylic acids is 1. The van der Waals surface area contributed by atoms with Crippen molar-refractivity contribution in [1.82, 2.24) is 0 Å². The highest BCUT2D eigenvalue weighted by atomic mass is 19.3. The molecule has 1 aromatic carbocycles. The summed E-state index contributed by atoms with van der Waals surface area (Å²) in [5, 5.41) is 9.54. The molecule has 1 N–H and O–H groups in total. The Morgan fingerprint density at radius 1 is 1.31 bits per heavy atom. The van der Waals surface area contributed by atoms with Gasteiger partial charge in [-0.25, -0.2) is 8.78 Å². The lowest BCUT2D eigenvalue weighted by molar-refractivity contribution is 0.101. The van der Waals surface area contributed by atoms with Crippen LogP contribution >= 0.6 is 0 Å². The molecule has 1 rings (SSSR count). The third-order valence-electron chi connectivity index (χ3n) is 2.44. The predicted octanol–water partition coefficient (Wildman–Crippen LogP) is 3.66. The first-order chi connectivity index (χ1) is 7.34. The van der Waals surface area contributed by atoms with E-state index in [9.17, 15) is 18.7 Å². The molecule has 0 radical (unpaired) electrons. The smallest absolute Gasteiger partial charge is 0.267 e. The number of phenolic OH excluding ortho intramolecular Hbond substituents is 1. The van der Waals surface area contributed by atoms with Gasteiger partial charge in [0.25, 0.3) is 6.43 Å². The zero-order chi connectivity index (χ0) is 12.5. The van der Waals surface area contributed by atoms with Crippen molar-refractivity contribution in [1.29, 1.82) is 0 Å². The second-order valence-electron chi connectivity index (χ2n) is 4.02. The van der Waals surface area contributed by atoms with Gasteiger partial charge in [-0.2, -0.15) is 0 Å². The number of ketones is 1. The third-order valence-corrected chi connectivity index (χ3v) is 2.44. The highest BCUT2D eigenvalue weighted by molar-refractivity contribution is 5.97. The summed E-state index contributed by atoms with van der Waals surface area (Å²) in [6.07, 6.45) is -2.78. The van der Waals surface area contributed by atoms with Gasteiger partial charge in [0.2, 0.25) is 0 Å². The van der Waals surface area contributed by atoms with Crippen molar-refractivity contribution < 1.29 is 18.7 Å². The Morgan fingerprint density at radius 3 is 2.25 bits per heavy atom. The van der Waals surface area contributed by atoms with E-state index in [2.05, 4.69) is 0 Å².